The second-order valence-corrected chi connectivity index (χ2v) is 6.69. The number of nitrogens with one attached hydrogen (secondary N) is 1. The van der Waals surface area contributed by atoms with E-state index < -0.39 is 0 Å². The summed E-state index contributed by atoms with van der Waals surface area (Å²) >= 11 is 1.98. The fourth-order valence-corrected chi connectivity index (χ4v) is 4.75. The third kappa shape index (κ3) is 3.89. The quantitative estimate of drug-likeness (QED) is 0.896. The van der Waals surface area contributed by atoms with Gasteiger partial charge in [-0.05, 0) is 42.7 Å². The van der Waals surface area contributed by atoms with Gasteiger partial charge in [0.05, 0.1) is 0 Å². The zero-order valence-electron chi connectivity index (χ0n) is 12.1. The van der Waals surface area contributed by atoms with Gasteiger partial charge in [0.1, 0.15) is 0 Å². The highest BCUT2D eigenvalue weighted by molar-refractivity contribution is 7.10. The molecule has 0 amide bonds. The molecule has 1 aliphatic carbocycles. The molecule has 2 fully saturated rings. The van der Waals surface area contributed by atoms with E-state index in [1.165, 1.54) is 44.3 Å². The van der Waals surface area contributed by atoms with E-state index in [4.69, 9.17) is 0 Å². The first-order valence-electron chi connectivity index (χ1n) is 7.35. The largest absolute Gasteiger partial charge is 0.314 e. The molecule has 0 unspecified atom stereocenters. The summed E-state index contributed by atoms with van der Waals surface area (Å²) in [4.78, 5) is 4.38. The number of aryl methyl sites for hydroxylation is 1. The second kappa shape index (κ2) is 8.60. The zero-order chi connectivity index (χ0) is 12.4. The van der Waals surface area contributed by atoms with Gasteiger partial charge in [0, 0.05) is 37.1 Å². The Balaban J connectivity index is 0.000001000. The lowest BCUT2D eigenvalue weighted by atomic mass is 9.93. The summed E-state index contributed by atoms with van der Waals surface area (Å²) in [7, 11) is 0. The monoisotopic (exact) mass is 336 g/mol. The van der Waals surface area contributed by atoms with Crippen LogP contribution in [0.4, 0.5) is 0 Å². The molecule has 0 bridgehead atoms. The maximum absolute atomic E-state index is 3.48. The van der Waals surface area contributed by atoms with Gasteiger partial charge in [-0.15, -0.1) is 36.2 Å². The minimum absolute atomic E-state index is 0. The van der Waals surface area contributed by atoms with Crippen molar-refractivity contribution < 1.29 is 0 Å². The van der Waals surface area contributed by atoms with Crippen LogP contribution in [0.1, 0.15) is 42.2 Å². The van der Waals surface area contributed by atoms with Gasteiger partial charge in [0.25, 0.3) is 0 Å². The van der Waals surface area contributed by atoms with E-state index in [2.05, 4.69) is 28.6 Å². The van der Waals surface area contributed by atoms with E-state index in [1.807, 2.05) is 11.3 Å². The molecule has 0 aromatic carbocycles. The highest BCUT2D eigenvalue weighted by atomic mass is 35.5. The summed E-state index contributed by atoms with van der Waals surface area (Å²) in [5.41, 5.74) is 1.51. The lowest BCUT2D eigenvalue weighted by Gasteiger charge is -2.38. The average molecular weight is 337 g/mol. The smallest absolute Gasteiger partial charge is 0.0473 e. The van der Waals surface area contributed by atoms with Gasteiger partial charge in [-0.1, -0.05) is 12.8 Å². The minimum Gasteiger partial charge on any atom is -0.314 e. The number of halogens is 2. The number of hydrogen-bond donors (Lipinski definition) is 1. The van der Waals surface area contributed by atoms with Crippen molar-refractivity contribution in [2.45, 2.75) is 38.6 Å². The van der Waals surface area contributed by atoms with E-state index in [0.717, 1.165) is 19.0 Å². The normalized spacial score (nSPS) is 22.1. The number of nitrogens with zero attached hydrogens (tertiary/aromatic N) is 1. The number of thiophene rings is 1. The molecule has 1 aliphatic heterocycles. The maximum Gasteiger partial charge on any atom is 0.0473 e. The highest BCUT2D eigenvalue weighted by Gasteiger charge is 2.33. The van der Waals surface area contributed by atoms with Crippen molar-refractivity contribution in [1.82, 2.24) is 10.2 Å². The number of hydrogen-bond acceptors (Lipinski definition) is 3. The van der Waals surface area contributed by atoms with Crippen LogP contribution in [0.3, 0.4) is 0 Å². The van der Waals surface area contributed by atoms with Gasteiger partial charge < -0.3 is 5.32 Å². The van der Waals surface area contributed by atoms with E-state index >= 15 is 0 Å². The highest BCUT2D eigenvalue weighted by Crippen LogP contribution is 2.42. The van der Waals surface area contributed by atoms with Crippen LogP contribution in [0, 0.1) is 12.8 Å². The molecule has 0 spiro atoms. The topological polar surface area (TPSA) is 15.3 Å². The lowest BCUT2D eigenvalue weighted by Crippen LogP contribution is -2.46. The van der Waals surface area contributed by atoms with Crippen molar-refractivity contribution >= 4 is 36.2 Å². The standard InChI is InChI=1S/C15H24N2S.2ClH/c1-12-6-11-18-15(12)14(13-4-2-3-5-13)17-9-7-16-8-10-17;;/h6,11,13-14,16H,2-5,7-10H2,1H3;2*1H/t14-;;/m1../s1. The van der Waals surface area contributed by atoms with Gasteiger partial charge in [-0.2, -0.15) is 0 Å². The molecule has 1 saturated heterocycles. The van der Waals surface area contributed by atoms with E-state index in [1.54, 1.807) is 4.88 Å². The van der Waals surface area contributed by atoms with Crippen LogP contribution in [-0.2, 0) is 0 Å². The van der Waals surface area contributed by atoms with Crippen molar-refractivity contribution in [1.29, 1.82) is 0 Å². The van der Waals surface area contributed by atoms with Crippen molar-refractivity contribution in [3.8, 4) is 0 Å². The predicted molar refractivity (Wildman–Crippen MR) is 92.7 cm³/mol. The molecule has 3 rings (SSSR count). The van der Waals surface area contributed by atoms with Gasteiger partial charge >= 0.3 is 0 Å². The van der Waals surface area contributed by atoms with E-state index in [9.17, 15) is 0 Å². The molecule has 2 nitrogen and oxygen atoms in total. The average Bonchev–Trinajstić information content (AvgIpc) is 3.05. The van der Waals surface area contributed by atoms with Crippen molar-refractivity contribution in [2.24, 2.45) is 5.92 Å². The van der Waals surface area contributed by atoms with Crippen molar-refractivity contribution in [2.75, 3.05) is 26.2 Å². The predicted octanol–water partition coefficient (Wildman–Crippen LogP) is 4.04. The lowest BCUT2D eigenvalue weighted by molar-refractivity contribution is 0.127. The van der Waals surface area contributed by atoms with Gasteiger partial charge in [0.15, 0.2) is 0 Å². The summed E-state index contributed by atoms with van der Waals surface area (Å²) in [6.07, 6.45) is 5.76. The van der Waals surface area contributed by atoms with Crippen LogP contribution >= 0.6 is 36.2 Å². The van der Waals surface area contributed by atoms with Gasteiger partial charge in [0.2, 0.25) is 0 Å². The molecule has 20 heavy (non-hydrogen) atoms. The van der Waals surface area contributed by atoms with E-state index in [0.29, 0.717) is 6.04 Å². The first-order chi connectivity index (χ1) is 8.86. The van der Waals surface area contributed by atoms with Gasteiger partial charge in [-0.25, -0.2) is 0 Å². The Kier molecular flexibility index (Phi) is 7.84. The molecule has 1 aromatic heterocycles. The van der Waals surface area contributed by atoms with Crippen LogP contribution in [0.15, 0.2) is 11.4 Å². The van der Waals surface area contributed by atoms with Gasteiger partial charge in [-0.3, -0.25) is 4.90 Å². The SMILES string of the molecule is Cc1ccsc1[C@@H](C1CCCC1)N1CCNCC1.Cl.Cl. The fraction of sp³-hybridized carbons (Fsp3) is 0.733. The Morgan fingerprint density at radius 2 is 1.85 bits per heavy atom. The number of rotatable bonds is 3. The van der Waals surface area contributed by atoms with Crippen molar-refractivity contribution in [3.05, 3.63) is 21.9 Å². The Hall–Kier alpha value is 0.200. The molecule has 0 radical (unpaired) electrons. The van der Waals surface area contributed by atoms with Crippen LogP contribution in [-0.4, -0.2) is 31.1 Å². The molecule has 5 heteroatoms. The Labute approximate surface area is 139 Å². The summed E-state index contributed by atoms with van der Waals surface area (Å²) in [6.45, 7) is 7.05. The van der Waals surface area contributed by atoms with Crippen LogP contribution in [0.2, 0.25) is 0 Å². The van der Waals surface area contributed by atoms with Crippen LogP contribution in [0.25, 0.3) is 0 Å². The molecule has 2 aliphatic rings. The molecule has 116 valence electrons. The van der Waals surface area contributed by atoms with Crippen molar-refractivity contribution in [3.63, 3.8) is 0 Å². The zero-order valence-corrected chi connectivity index (χ0v) is 14.6. The first kappa shape index (κ1) is 18.2. The molecule has 2 heterocycles. The summed E-state index contributed by atoms with van der Waals surface area (Å²) in [5, 5.41) is 5.75. The molecular formula is C15H26Cl2N2S. The van der Waals surface area contributed by atoms with Crippen LogP contribution in [0.5, 0.6) is 0 Å². The number of piperazine rings is 1. The molecular weight excluding hydrogens is 311 g/mol. The Bertz CT molecular complexity index is 385. The second-order valence-electron chi connectivity index (χ2n) is 5.74. The molecule has 1 saturated carbocycles. The minimum atomic E-state index is 0. The first-order valence-corrected chi connectivity index (χ1v) is 8.23. The Morgan fingerprint density at radius 3 is 2.40 bits per heavy atom. The fourth-order valence-electron chi connectivity index (χ4n) is 3.60. The van der Waals surface area contributed by atoms with E-state index in [-0.39, 0.29) is 24.8 Å². The summed E-state index contributed by atoms with van der Waals surface area (Å²) < 4.78 is 0. The summed E-state index contributed by atoms with van der Waals surface area (Å²) in [5.74, 6) is 0.903. The molecule has 1 aromatic rings. The third-order valence-corrected chi connectivity index (χ3v) is 5.65. The summed E-state index contributed by atoms with van der Waals surface area (Å²) in [6, 6.07) is 3.00. The Morgan fingerprint density at radius 1 is 1.20 bits per heavy atom. The maximum atomic E-state index is 3.48. The molecule has 1 N–H and O–H groups in total. The molecule has 1 atom stereocenters. The third-order valence-electron chi connectivity index (χ3n) is 4.56. The van der Waals surface area contributed by atoms with Crippen LogP contribution < -0.4 is 5.32 Å².